The lowest BCUT2D eigenvalue weighted by Gasteiger charge is -2.50. The van der Waals surface area contributed by atoms with Gasteiger partial charge in [0.05, 0.1) is 0 Å². The fraction of sp³-hybridized carbons (Fsp3) is 0.833. The molecule has 5 nitrogen and oxygen atoms in total. The molecule has 2 aliphatic rings. The maximum absolute atomic E-state index is 12.1. The Morgan fingerprint density at radius 3 is 2.59 bits per heavy atom. The number of hydrogen-bond acceptors (Lipinski definition) is 5. The summed E-state index contributed by atoms with van der Waals surface area (Å²) >= 11 is 0. The number of esters is 2. The molecule has 5 heteroatoms. The van der Waals surface area contributed by atoms with Crippen LogP contribution >= 0.6 is 0 Å². The van der Waals surface area contributed by atoms with E-state index in [2.05, 4.69) is 33.8 Å². The van der Waals surface area contributed by atoms with Gasteiger partial charge < -0.3 is 14.6 Å². The van der Waals surface area contributed by atoms with E-state index in [1.54, 1.807) is 5.57 Å². The van der Waals surface area contributed by atoms with Gasteiger partial charge in [-0.1, -0.05) is 45.8 Å². The SMILES string of the molecule is CC(=O)OCC(O)COC(=O)CC(C)CCC1(C)CCCC2C1=CCCC2(C)C. The van der Waals surface area contributed by atoms with Gasteiger partial charge in [-0.3, -0.25) is 9.59 Å². The Morgan fingerprint density at radius 2 is 1.90 bits per heavy atom. The Hall–Kier alpha value is -1.36. The van der Waals surface area contributed by atoms with Crippen LogP contribution in [-0.4, -0.2) is 36.4 Å². The van der Waals surface area contributed by atoms with E-state index >= 15 is 0 Å². The van der Waals surface area contributed by atoms with E-state index in [1.165, 1.54) is 39.0 Å². The van der Waals surface area contributed by atoms with Gasteiger partial charge in [0.2, 0.25) is 0 Å². The van der Waals surface area contributed by atoms with Gasteiger partial charge in [0.25, 0.3) is 0 Å². The summed E-state index contributed by atoms with van der Waals surface area (Å²) in [6.45, 7) is 10.3. The molecule has 4 atom stereocenters. The molecule has 1 saturated carbocycles. The van der Waals surface area contributed by atoms with Crippen molar-refractivity contribution in [3.05, 3.63) is 11.6 Å². The fourth-order valence-electron chi connectivity index (χ4n) is 5.12. The highest BCUT2D eigenvalue weighted by molar-refractivity contribution is 5.69. The smallest absolute Gasteiger partial charge is 0.306 e. The minimum Gasteiger partial charge on any atom is -0.463 e. The highest BCUT2D eigenvalue weighted by Crippen LogP contribution is 2.56. The van der Waals surface area contributed by atoms with Gasteiger partial charge in [0.1, 0.15) is 19.3 Å². The number of hydrogen-bond donors (Lipinski definition) is 1. The number of aliphatic hydroxyl groups excluding tert-OH is 1. The fourth-order valence-corrected chi connectivity index (χ4v) is 5.12. The van der Waals surface area contributed by atoms with Crippen molar-refractivity contribution in [2.45, 2.75) is 92.1 Å². The number of fused-ring (bicyclic) bond motifs is 1. The average molecular weight is 409 g/mol. The van der Waals surface area contributed by atoms with Gasteiger partial charge in [0, 0.05) is 13.3 Å². The normalized spacial score (nSPS) is 27.9. The van der Waals surface area contributed by atoms with Crippen LogP contribution in [-0.2, 0) is 19.1 Å². The van der Waals surface area contributed by atoms with Crippen molar-refractivity contribution in [1.29, 1.82) is 0 Å². The van der Waals surface area contributed by atoms with Gasteiger partial charge in [-0.2, -0.15) is 0 Å². The molecule has 1 N–H and O–H groups in total. The topological polar surface area (TPSA) is 72.8 Å². The van der Waals surface area contributed by atoms with E-state index in [0.29, 0.717) is 17.8 Å². The predicted octanol–water partition coefficient (Wildman–Crippen LogP) is 4.81. The summed E-state index contributed by atoms with van der Waals surface area (Å²) in [7, 11) is 0. The maximum Gasteiger partial charge on any atom is 0.306 e. The molecule has 0 spiro atoms. The summed E-state index contributed by atoms with van der Waals surface area (Å²) < 4.78 is 9.85. The first-order chi connectivity index (χ1) is 13.5. The monoisotopic (exact) mass is 408 g/mol. The molecule has 0 aromatic heterocycles. The summed E-state index contributed by atoms with van der Waals surface area (Å²) in [6.07, 6.45) is 10.3. The second-order valence-corrected chi connectivity index (χ2v) is 10.2. The van der Waals surface area contributed by atoms with E-state index in [-0.39, 0.29) is 30.5 Å². The standard InChI is InChI=1S/C24H40O5/c1-17(14-22(27)29-16-19(26)15-28-18(2)25)10-13-24(5)12-7-8-20-21(24)9-6-11-23(20,3)4/h9,17,19-20,26H,6-8,10-16H2,1-5H3. The number of rotatable bonds is 9. The van der Waals surface area contributed by atoms with Crippen LogP contribution < -0.4 is 0 Å². The second-order valence-electron chi connectivity index (χ2n) is 10.2. The lowest BCUT2D eigenvalue weighted by Crippen LogP contribution is -2.39. The van der Waals surface area contributed by atoms with E-state index in [9.17, 15) is 14.7 Å². The quantitative estimate of drug-likeness (QED) is 0.438. The number of carbonyl (C=O) groups excluding carboxylic acids is 2. The summed E-state index contributed by atoms with van der Waals surface area (Å²) in [5.74, 6) is 0.180. The molecule has 0 aromatic carbocycles. The first kappa shape index (κ1) is 23.9. The molecule has 166 valence electrons. The third-order valence-electron chi connectivity index (χ3n) is 7.01. The van der Waals surface area contributed by atoms with Gasteiger partial charge in [-0.25, -0.2) is 0 Å². The molecule has 2 rings (SSSR count). The van der Waals surface area contributed by atoms with Crippen LogP contribution in [0.25, 0.3) is 0 Å². The van der Waals surface area contributed by atoms with Crippen molar-refractivity contribution in [1.82, 2.24) is 0 Å². The highest BCUT2D eigenvalue weighted by Gasteiger charge is 2.44. The van der Waals surface area contributed by atoms with Gasteiger partial charge >= 0.3 is 11.9 Å². The molecule has 0 saturated heterocycles. The van der Waals surface area contributed by atoms with E-state index in [1.807, 2.05) is 0 Å². The predicted molar refractivity (Wildman–Crippen MR) is 113 cm³/mol. The van der Waals surface area contributed by atoms with Crippen LogP contribution in [0.4, 0.5) is 0 Å². The van der Waals surface area contributed by atoms with Gasteiger partial charge in [-0.05, 0) is 61.2 Å². The molecular weight excluding hydrogens is 368 g/mol. The van der Waals surface area contributed by atoms with Crippen LogP contribution in [0.5, 0.6) is 0 Å². The minimum absolute atomic E-state index is 0.139. The first-order valence-corrected chi connectivity index (χ1v) is 11.2. The van der Waals surface area contributed by atoms with E-state index in [0.717, 1.165) is 12.8 Å². The zero-order valence-electron chi connectivity index (χ0n) is 19.0. The summed E-state index contributed by atoms with van der Waals surface area (Å²) in [6, 6.07) is 0. The third kappa shape index (κ3) is 6.84. The van der Waals surface area contributed by atoms with Gasteiger partial charge in [-0.15, -0.1) is 0 Å². The molecule has 0 aliphatic heterocycles. The molecule has 1 fully saturated rings. The van der Waals surface area contributed by atoms with Crippen molar-refractivity contribution in [2.24, 2.45) is 22.7 Å². The van der Waals surface area contributed by atoms with Crippen LogP contribution in [0, 0.1) is 22.7 Å². The third-order valence-corrected chi connectivity index (χ3v) is 7.01. The molecule has 2 aliphatic carbocycles. The van der Waals surface area contributed by atoms with Crippen LogP contribution in [0.1, 0.15) is 86.0 Å². The van der Waals surface area contributed by atoms with E-state index < -0.39 is 12.1 Å². The molecular formula is C24H40O5. The average Bonchev–Trinajstić information content (AvgIpc) is 2.64. The van der Waals surface area contributed by atoms with Crippen LogP contribution in [0.2, 0.25) is 0 Å². The second kappa shape index (κ2) is 10.1. The van der Waals surface area contributed by atoms with Crippen LogP contribution in [0.3, 0.4) is 0 Å². The van der Waals surface area contributed by atoms with Crippen LogP contribution in [0.15, 0.2) is 11.6 Å². The summed E-state index contributed by atoms with van der Waals surface area (Å²) in [5.41, 5.74) is 2.32. The number of ether oxygens (including phenoxy) is 2. The molecule has 0 amide bonds. The number of allylic oxidation sites excluding steroid dienone is 2. The summed E-state index contributed by atoms with van der Waals surface area (Å²) in [5, 5.41) is 9.68. The van der Waals surface area contributed by atoms with Crippen molar-refractivity contribution in [3.63, 3.8) is 0 Å². The molecule has 0 aromatic rings. The zero-order chi connectivity index (χ0) is 21.7. The molecule has 4 unspecified atom stereocenters. The van der Waals surface area contributed by atoms with E-state index in [4.69, 9.17) is 9.47 Å². The minimum atomic E-state index is -0.974. The lowest BCUT2D eigenvalue weighted by molar-refractivity contribution is -0.151. The number of carbonyl (C=O) groups is 2. The molecule has 0 bridgehead atoms. The lowest BCUT2D eigenvalue weighted by atomic mass is 9.55. The van der Waals surface area contributed by atoms with Crippen molar-refractivity contribution in [2.75, 3.05) is 13.2 Å². The Labute approximate surface area is 176 Å². The van der Waals surface area contributed by atoms with Crippen molar-refractivity contribution >= 4 is 11.9 Å². The molecule has 0 heterocycles. The van der Waals surface area contributed by atoms with Gasteiger partial charge in [0.15, 0.2) is 0 Å². The Morgan fingerprint density at radius 1 is 1.21 bits per heavy atom. The summed E-state index contributed by atoms with van der Waals surface area (Å²) in [4.78, 5) is 22.8. The number of aliphatic hydroxyl groups is 1. The Balaban J connectivity index is 1.79. The Kier molecular flexibility index (Phi) is 8.33. The van der Waals surface area contributed by atoms with Crippen molar-refractivity contribution in [3.8, 4) is 0 Å². The van der Waals surface area contributed by atoms with Crippen molar-refractivity contribution < 1.29 is 24.2 Å². The largest absolute Gasteiger partial charge is 0.463 e. The zero-order valence-corrected chi connectivity index (χ0v) is 19.0. The highest BCUT2D eigenvalue weighted by atomic mass is 16.6. The molecule has 0 radical (unpaired) electrons. The molecule has 29 heavy (non-hydrogen) atoms. The first-order valence-electron chi connectivity index (χ1n) is 11.2. The maximum atomic E-state index is 12.1. The Bertz CT molecular complexity index is 608.